The second-order valence-electron chi connectivity index (χ2n) is 3.10. The van der Waals surface area contributed by atoms with Gasteiger partial charge >= 0.3 is 0 Å². The standard InChI is InChI=1S/C10H13Br2NO2/c1-13-5-8(14)6-15-10-3-2-7(11)4-9(10)12/h2-4,8,13-14H,5-6H2,1H3. The molecule has 0 saturated heterocycles. The Labute approximate surface area is 106 Å². The van der Waals surface area contributed by atoms with Crippen molar-refractivity contribution in [2.24, 2.45) is 0 Å². The lowest BCUT2D eigenvalue weighted by molar-refractivity contribution is 0.108. The summed E-state index contributed by atoms with van der Waals surface area (Å²) in [6.45, 7) is 0.801. The summed E-state index contributed by atoms with van der Waals surface area (Å²) < 4.78 is 7.30. The third kappa shape index (κ3) is 4.51. The number of hydrogen-bond acceptors (Lipinski definition) is 3. The number of aliphatic hydroxyl groups excluding tert-OH is 1. The molecule has 0 heterocycles. The Balaban J connectivity index is 2.50. The Morgan fingerprint density at radius 1 is 1.47 bits per heavy atom. The van der Waals surface area contributed by atoms with Gasteiger partial charge in [-0.15, -0.1) is 0 Å². The van der Waals surface area contributed by atoms with Crippen molar-refractivity contribution in [2.45, 2.75) is 6.10 Å². The monoisotopic (exact) mass is 337 g/mol. The summed E-state index contributed by atoms with van der Waals surface area (Å²) in [5.41, 5.74) is 0. The number of likely N-dealkylation sites (N-methyl/N-ethyl adjacent to an activating group) is 1. The van der Waals surface area contributed by atoms with Crippen molar-refractivity contribution < 1.29 is 9.84 Å². The minimum atomic E-state index is -0.495. The van der Waals surface area contributed by atoms with Gasteiger partial charge in [0.2, 0.25) is 0 Å². The lowest BCUT2D eigenvalue weighted by Gasteiger charge is -2.12. The third-order valence-electron chi connectivity index (χ3n) is 1.76. The smallest absolute Gasteiger partial charge is 0.133 e. The minimum absolute atomic E-state index is 0.279. The molecule has 0 aromatic heterocycles. The van der Waals surface area contributed by atoms with Crippen molar-refractivity contribution in [1.82, 2.24) is 5.32 Å². The predicted octanol–water partition coefficient (Wildman–Crippen LogP) is 2.17. The van der Waals surface area contributed by atoms with Crippen molar-refractivity contribution in [3.63, 3.8) is 0 Å². The first-order valence-electron chi connectivity index (χ1n) is 4.54. The number of ether oxygens (including phenoxy) is 1. The predicted molar refractivity (Wildman–Crippen MR) is 67.3 cm³/mol. The molecule has 1 unspecified atom stereocenters. The quantitative estimate of drug-likeness (QED) is 0.864. The van der Waals surface area contributed by atoms with Crippen LogP contribution in [0.1, 0.15) is 0 Å². The van der Waals surface area contributed by atoms with E-state index in [4.69, 9.17) is 4.74 Å². The summed E-state index contributed by atoms with van der Waals surface area (Å²) in [6.07, 6.45) is -0.495. The molecule has 0 spiro atoms. The van der Waals surface area contributed by atoms with Crippen LogP contribution in [0.3, 0.4) is 0 Å². The Morgan fingerprint density at radius 3 is 2.80 bits per heavy atom. The second kappa shape index (κ2) is 6.48. The largest absolute Gasteiger partial charge is 0.490 e. The maximum absolute atomic E-state index is 9.44. The maximum atomic E-state index is 9.44. The molecule has 0 aliphatic rings. The Morgan fingerprint density at radius 2 is 2.20 bits per heavy atom. The number of hydrogen-bond donors (Lipinski definition) is 2. The van der Waals surface area contributed by atoms with Crippen LogP contribution >= 0.6 is 31.9 Å². The number of rotatable bonds is 5. The average molecular weight is 339 g/mol. The van der Waals surface area contributed by atoms with Gasteiger partial charge in [0, 0.05) is 11.0 Å². The van der Waals surface area contributed by atoms with Gasteiger partial charge in [-0.2, -0.15) is 0 Å². The van der Waals surface area contributed by atoms with E-state index in [1.807, 2.05) is 18.2 Å². The summed E-state index contributed by atoms with van der Waals surface area (Å²) in [5, 5.41) is 12.3. The normalized spacial score (nSPS) is 12.5. The van der Waals surface area contributed by atoms with Crippen LogP contribution in [-0.2, 0) is 0 Å². The first-order valence-corrected chi connectivity index (χ1v) is 6.12. The van der Waals surface area contributed by atoms with E-state index in [1.165, 1.54) is 0 Å². The zero-order valence-electron chi connectivity index (χ0n) is 8.34. The van der Waals surface area contributed by atoms with Gasteiger partial charge in [0.25, 0.3) is 0 Å². The van der Waals surface area contributed by atoms with Gasteiger partial charge in [-0.3, -0.25) is 0 Å². The molecule has 0 aliphatic carbocycles. The molecule has 0 fully saturated rings. The highest BCUT2D eigenvalue weighted by molar-refractivity contribution is 9.11. The van der Waals surface area contributed by atoms with Gasteiger partial charge in [0.1, 0.15) is 18.5 Å². The molecular weight excluding hydrogens is 326 g/mol. The van der Waals surface area contributed by atoms with Crippen LogP contribution in [0.25, 0.3) is 0 Å². The summed E-state index contributed by atoms with van der Waals surface area (Å²) in [7, 11) is 1.79. The van der Waals surface area contributed by atoms with Crippen molar-refractivity contribution in [3.05, 3.63) is 27.1 Å². The van der Waals surface area contributed by atoms with Crippen LogP contribution in [0.5, 0.6) is 5.75 Å². The SMILES string of the molecule is CNCC(O)COc1ccc(Br)cc1Br. The number of halogens is 2. The number of nitrogens with one attached hydrogen (secondary N) is 1. The zero-order chi connectivity index (χ0) is 11.3. The van der Waals surface area contributed by atoms with E-state index in [0.29, 0.717) is 6.54 Å². The molecule has 1 aromatic rings. The van der Waals surface area contributed by atoms with Gasteiger partial charge in [-0.05, 0) is 41.2 Å². The number of benzene rings is 1. The molecule has 15 heavy (non-hydrogen) atoms. The highest BCUT2D eigenvalue weighted by Gasteiger charge is 2.06. The van der Waals surface area contributed by atoms with Crippen molar-refractivity contribution in [2.75, 3.05) is 20.2 Å². The van der Waals surface area contributed by atoms with Crippen LogP contribution in [-0.4, -0.2) is 31.4 Å². The van der Waals surface area contributed by atoms with Crippen molar-refractivity contribution in [3.8, 4) is 5.75 Å². The molecule has 0 bridgehead atoms. The van der Waals surface area contributed by atoms with E-state index in [9.17, 15) is 5.11 Å². The molecule has 1 aromatic carbocycles. The van der Waals surface area contributed by atoms with E-state index in [-0.39, 0.29) is 6.61 Å². The summed E-state index contributed by atoms with van der Waals surface area (Å²) in [5.74, 6) is 0.730. The Hall–Kier alpha value is -0.100. The molecule has 0 amide bonds. The summed E-state index contributed by atoms with van der Waals surface area (Å²) >= 11 is 6.74. The number of aliphatic hydroxyl groups is 1. The fraction of sp³-hybridized carbons (Fsp3) is 0.400. The first-order chi connectivity index (χ1) is 7.13. The van der Waals surface area contributed by atoms with Gasteiger partial charge in [-0.1, -0.05) is 15.9 Å². The van der Waals surface area contributed by atoms with Gasteiger partial charge in [-0.25, -0.2) is 0 Å². The maximum Gasteiger partial charge on any atom is 0.133 e. The van der Waals surface area contributed by atoms with Crippen molar-refractivity contribution >= 4 is 31.9 Å². The van der Waals surface area contributed by atoms with E-state index >= 15 is 0 Å². The fourth-order valence-electron chi connectivity index (χ4n) is 1.07. The zero-order valence-corrected chi connectivity index (χ0v) is 11.5. The molecule has 1 rings (SSSR count). The Bertz CT molecular complexity index is 320. The summed E-state index contributed by atoms with van der Waals surface area (Å²) in [6, 6.07) is 5.64. The van der Waals surface area contributed by atoms with Crippen molar-refractivity contribution in [1.29, 1.82) is 0 Å². The van der Waals surface area contributed by atoms with Crippen LogP contribution < -0.4 is 10.1 Å². The Kier molecular flexibility index (Phi) is 5.60. The molecule has 84 valence electrons. The lowest BCUT2D eigenvalue weighted by Crippen LogP contribution is -2.29. The molecule has 0 saturated carbocycles. The molecule has 0 radical (unpaired) electrons. The van der Waals surface area contributed by atoms with Gasteiger partial charge in [0.15, 0.2) is 0 Å². The van der Waals surface area contributed by atoms with Gasteiger partial charge in [0.05, 0.1) is 4.47 Å². The first kappa shape index (κ1) is 13.0. The molecule has 3 nitrogen and oxygen atoms in total. The average Bonchev–Trinajstić information content (AvgIpc) is 2.17. The molecule has 1 atom stereocenters. The molecule has 2 N–H and O–H groups in total. The van der Waals surface area contributed by atoms with Crippen LogP contribution in [0.2, 0.25) is 0 Å². The van der Waals surface area contributed by atoms with Crippen LogP contribution in [0.4, 0.5) is 0 Å². The van der Waals surface area contributed by atoms with E-state index in [1.54, 1.807) is 7.05 Å². The topological polar surface area (TPSA) is 41.5 Å². The molecular formula is C10H13Br2NO2. The second-order valence-corrected chi connectivity index (χ2v) is 4.87. The fourth-order valence-corrected chi connectivity index (χ4v) is 2.23. The summed E-state index contributed by atoms with van der Waals surface area (Å²) in [4.78, 5) is 0. The van der Waals surface area contributed by atoms with Gasteiger partial charge < -0.3 is 15.2 Å². The van der Waals surface area contributed by atoms with E-state index in [0.717, 1.165) is 14.7 Å². The highest BCUT2D eigenvalue weighted by atomic mass is 79.9. The third-order valence-corrected chi connectivity index (χ3v) is 2.88. The molecule has 0 aliphatic heterocycles. The lowest BCUT2D eigenvalue weighted by atomic mass is 10.3. The van der Waals surface area contributed by atoms with Crippen LogP contribution in [0.15, 0.2) is 27.1 Å². The highest BCUT2D eigenvalue weighted by Crippen LogP contribution is 2.28. The van der Waals surface area contributed by atoms with E-state index in [2.05, 4.69) is 37.2 Å². The van der Waals surface area contributed by atoms with Crippen LogP contribution in [0, 0.1) is 0 Å². The molecule has 5 heteroatoms. The van der Waals surface area contributed by atoms with E-state index < -0.39 is 6.10 Å². The minimum Gasteiger partial charge on any atom is -0.490 e.